The van der Waals surface area contributed by atoms with E-state index in [-0.39, 0.29) is 16.8 Å². The topological polar surface area (TPSA) is 42.0 Å². The van der Waals surface area contributed by atoms with Crippen molar-refractivity contribution in [3.8, 4) is 0 Å². The number of hydrogen-bond donors (Lipinski definition) is 2. The van der Waals surface area contributed by atoms with Gasteiger partial charge in [-0.3, -0.25) is 4.79 Å². The highest BCUT2D eigenvalue weighted by molar-refractivity contribution is 7.80. The number of thiol groups is 1. The van der Waals surface area contributed by atoms with Crippen molar-refractivity contribution < 1.29 is 9.18 Å². The van der Waals surface area contributed by atoms with Gasteiger partial charge in [0.2, 0.25) is 0 Å². The van der Waals surface area contributed by atoms with Crippen LogP contribution < -0.4 is 5.32 Å². The molecule has 0 aliphatic rings. The number of carbonyl (C=O) groups is 1. The number of amides is 1. The molecule has 1 atom stereocenters. The molecule has 106 valence electrons. The predicted octanol–water partition coefficient (Wildman–Crippen LogP) is 3.68. The maximum atomic E-state index is 13.1. The van der Waals surface area contributed by atoms with Gasteiger partial charge in [-0.1, -0.05) is 0 Å². The first-order valence-corrected chi connectivity index (χ1v) is 7.38. The summed E-state index contributed by atoms with van der Waals surface area (Å²) in [4.78, 5) is 17.7. The highest BCUT2D eigenvalue weighted by atomic mass is 32.1. The summed E-state index contributed by atoms with van der Waals surface area (Å²) in [5, 5.41) is 3.86. The molecule has 0 bridgehead atoms. The molecular weight excluding hydrogens is 295 g/mol. The molecule has 2 rings (SSSR count). The van der Waals surface area contributed by atoms with Crippen molar-refractivity contribution in [2.45, 2.75) is 31.7 Å². The molecule has 0 aliphatic carbocycles. The molecule has 1 heterocycles. The number of thiazole rings is 1. The first-order valence-electron chi connectivity index (χ1n) is 6.11. The standard InChI is InChI=1S/C14H15FN2OS2/c1-7-13(20-9(3)16-7)8(2)17-14(18)10-4-5-11(15)12(19)6-10/h4-6,8,19H,1-3H3,(H,17,18). The molecule has 0 radical (unpaired) electrons. The highest BCUT2D eigenvalue weighted by Gasteiger charge is 2.16. The minimum atomic E-state index is -0.438. The van der Waals surface area contributed by atoms with Crippen LogP contribution in [0.5, 0.6) is 0 Å². The summed E-state index contributed by atoms with van der Waals surface area (Å²) in [5.74, 6) is -0.690. The smallest absolute Gasteiger partial charge is 0.251 e. The van der Waals surface area contributed by atoms with Crippen LogP contribution >= 0.6 is 24.0 Å². The molecule has 1 amide bonds. The maximum absolute atomic E-state index is 13.1. The van der Waals surface area contributed by atoms with Gasteiger partial charge < -0.3 is 5.32 Å². The van der Waals surface area contributed by atoms with E-state index >= 15 is 0 Å². The fraction of sp³-hybridized carbons (Fsp3) is 0.286. The lowest BCUT2D eigenvalue weighted by Gasteiger charge is -2.13. The van der Waals surface area contributed by atoms with Crippen LogP contribution in [0.1, 0.15) is 38.9 Å². The van der Waals surface area contributed by atoms with Crippen LogP contribution in [-0.2, 0) is 0 Å². The summed E-state index contributed by atoms with van der Waals surface area (Å²) in [6.45, 7) is 5.76. The fourth-order valence-electron chi connectivity index (χ4n) is 1.95. The number of rotatable bonds is 3. The van der Waals surface area contributed by atoms with Crippen molar-refractivity contribution in [3.05, 3.63) is 45.2 Å². The zero-order chi connectivity index (χ0) is 14.9. The van der Waals surface area contributed by atoms with Crippen molar-refractivity contribution >= 4 is 29.9 Å². The molecular formula is C14H15FN2OS2. The quantitative estimate of drug-likeness (QED) is 0.849. The normalized spacial score (nSPS) is 12.2. The number of aryl methyl sites for hydroxylation is 2. The summed E-state index contributed by atoms with van der Waals surface area (Å²) in [5.41, 5.74) is 1.32. The van der Waals surface area contributed by atoms with Gasteiger partial charge in [0.25, 0.3) is 5.91 Å². The average Bonchev–Trinajstić information content (AvgIpc) is 2.71. The van der Waals surface area contributed by atoms with Crippen molar-refractivity contribution in [2.75, 3.05) is 0 Å². The Morgan fingerprint density at radius 3 is 2.70 bits per heavy atom. The Morgan fingerprint density at radius 1 is 1.45 bits per heavy atom. The summed E-state index contributed by atoms with van der Waals surface area (Å²) >= 11 is 5.54. The van der Waals surface area contributed by atoms with Gasteiger partial charge in [-0.15, -0.1) is 24.0 Å². The Kier molecular flexibility index (Phi) is 4.45. The van der Waals surface area contributed by atoms with Crippen molar-refractivity contribution in [1.29, 1.82) is 0 Å². The van der Waals surface area contributed by atoms with Gasteiger partial charge in [0.05, 0.1) is 16.7 Å². The summed E-state index contributed by atoms with van der Waals surface area (Å²) in [6, 6.07) is 3.97. The van der Waals surface area contributed by atoms with Gasteiger partial charge in [0.15, 0.2) is 0 Å². The Labute approximate surface area is 126 Å². The van der Waals surface area contributed by atoms with Crippen molar-refractivity contribution in [3.63, 3.8) is 0 Å². The Morgan fingerprint density at radius 2 is 2.15 bits per heavy atom. The number of nitrogens with one attached hydrogen (secondary N) is 1. The minimum absolute atomic E-state index is 0.137. The van der Waals surface area contributed by atoms with Crippen LogP contribution in [0, 0.1) is 19.7 Å². The zero-order valence-corrected chi connectivity index (χ0v) is 13.1. The molecule has 0 saturated carbocycles. The average molecular weight is 310 g/mol. The maximum Gasteiger partial charge on any atom is 0.251 e. The Hall–Kier alpha value is -1.40. The minimum Gasteiger partial charge on any atom is -0.345 e. The van der Waals surface area contributed by atoms with Crippen LogP contribution in [-0.4, -0.2) is 10.9 Å². The van der Waals surface area contributed by atoms with E-state index in [0.717, 1.165) is 15.6 Å². The second-order valence-electron chi connectivity index (χ2n) is 4.54. The summed E-state index contributed by atoms with van der Waals surface area (Å²) < 4.78 is 13.1. The first-order chi connectivity index (χ1) is 9.38. The van der Waals surface area contributed by atoms with Gasteiger partial charge in [0.1, 0.15) is 5.82 Å². The first kappa shape index (κ1) is 15.0. The van der Waals surface area contributed by atoms with Crippen LogP contribution in [0.25, 0.3) is 0 Å². The molecule has 1 aromatic heterocycles. The van der Waals surface area contributed by atoms with E-state index in [1.54, 1.807) is 11.3 Å². The van der Waals surface area contributed by atoms with Crippen LogP contribution in [0.4, 0.5) is 4.39 Å². The SMILES string of the molecule is Cc1nc(C)c(C(C)NC(=O)c2ccc(F)c(S)c2)s1. The van der Waals surface area contributed by atoms with Crippen LogP contribution in [0.3, 0.4) is 0 Å². The van der Waals surface area contributed by atoms with Crippen molar-refractivity contribution in [1.82, 2.24) is 10.3 Å². The summed E-state index contributed by atoms with van der Waals surface area (Å²) in [7, 11) is 0. The van der Waals surface area contributed by atoms with Crippen molar-refractivity contribution in [2.24, 2.45) is 0 Å². The number of nitrogens with zero attached hydrogens (tertiary/aromatic N) is 1. The second-order valence-corrected chi connectivity index (χ2v) is 6.26. The number of hydrogen-bond acceptors (Lipinski definition) is 4. The lowest BCUT2D eigenvalue weighted by molar-refractivity contribution is 0.0940. The molecule has 0 aliphatic heterocycles. The lowest BCUT2D eigenvalue weighted by Crippen LogP contribution is -2.26. The molecule has 1 N–H and O–H groups in total. The van der Waals surface area contributed by atoms with Crippen LogP contribution in [0.15, 0.2) is 23.1 Å². The van der Waals surface area contributed by atoms with E-state index in [9.17, 15) is 9.18 Å². The van der Waals surface area contributed by atoms with Gasteiger partial charge in [0, 0.05) is 15.3 Å². The number of halogens is 1. The van der Waals surface area contributed by atoms with Gasteiger partial charge >= 0.3 is 0 Å². The molecule has 20 heavy (non-hydrogen) atoms. The molecule has 6 heteroatoms. The third-order valence-electron chi connectivity index (χ3n) is 2.89. The number of aromatic nitrogens is 1. The zero-order valence-electron chi connectivity index (χ0n) is 11.4. The molecule has 1 unspecified atom stereocenters. The lowest BCUT2D eigenvalue weighted by atomic mass is 10.1. The molecule has 0 saturated heterocycles. The number of benzene rings is 1. The van der Waals surface area contributed by atoms with E-state index < -0.39 is 5.82 Å². The van der Waals surface area contributed by atoms with E-state index in [0.29, 0.717) is 5.56 Å². The second kappa shape index (κ2) is 5.93. The third kappa shape index (κ3) is 3.19. The Balaban J connectivity index is 2.15. The van der Waals surface area contributed by atoms with E-state index in [2.05, 4.69) is 22.9 Å². The molecule has 2 aromatic rings. The largest absolute Gasteiger partial charge is 0.345 e. The molecule has 0 spiro atoms. The molecule has 1 aromatic carbocycles. The monoisotopic (exact) mass is 310 g/mol. The number of carbonyl (C=O) groups excluding carboxylic acids is 1. The van der Waals surface area contributed by atoms with E-state index in [1.165, 1.54) is 18.2 Å². The van der Waals surface area contributed by atoms with Gasteiger partial charge in [-0.25, -0.2) is 9.37 Å². The third-order valence-corrected chi connectivity index (χ3v) is 4.49. The van der Waals surface area contributed by atoms with Gasteiger partial charge in [-0.2, -0.15) is 0 Å². The fourth-order valence-corrected chi connectivity index (χ4v) is 3.09. The predicted molar refractivity (Wildman–Crippen MR) is 81.1 cm³/mol. The Bertz CT molecular complexity index is 655. The molecule has 3 nitrogen and oxygen atoms in total. The van der Waals surface area contributed by atoms with Crippen LogP contribution in [0.2, 0.25) is 0 Å². The summed E-state index contributed by atoms with van der Waals surface area (Å²) in [6.07, 6.45) is 0. The van der Waals surface area contributed by atoms with Gasteiger partial charge in [-0.05, 0) is 39.0 Å². The highest BCUT2D eigenvalue weighted by Crippen LogP contribution is 2.25. The van der Waals surface area contributed by atoms with E-state index in [4.69, 9.17) is 0 Å². The molecule has 0 fully saturated rings. The van der Waals surface area contributed by atoms with E-state index in [1.807, 2.05) is 20.8 Å².